The third-order valence-corrected chi connectivity index (χ3v) is 10.3. The first-order chi connectivity index (χ1) is 21.1. The van der Waals surface area contributed by atoms with Crippen LogP contribution in [0.5, 0.6) is 5.75 Å². The molecule has 12 nitrogen and oxygen atoms in total. The van der Waals surface area contributed by atoms with Crippen molar-refractivity contribution in [2.75, 3.05) is 18.4 Å². The lowest BCUT2D eigenvalue weighted by molar-refractivity contribution is -0.116. The average molecular weight is 664 g/mol. The van der Waals surface area contributed by atoms with E-state index in [0.29, 0.717) is 61.3 Å². The zero-order chi connectivity index (χ0) is 30.5. The molecule has 4 aliphatic rings. The Morgan fingerprint density at radius 3 is 2.57 bits per heavy atom. The summed E-state index contributed by atoms with van der Waals surface area (Å²) in [7, 11) is 0. The van der Waals surface area contributed by atoms with Crippen molar-refractivity contribution in [1.29, 1.82) is 0 Å². The molecule has 2 N–H and O–H groups in total. The number of benzene rings is 1. The number of nitrogens with zero attached hydrogens (tertiary/aromatic N) is 7. The Hall–Kier alpha value is -4.20. The normalized spacial score (nSPS) is 22.1. The summed E-state index contributed by atoms with van der Waals surface area (Å²) in [6.45, 7) is 2.31. The Morgan fingerprint density at radius 2 is 1.86 bits per heavy atom. The molecule has 1 aliphatic heterocycles. The van der Waals surface area contributed by atoms with Crippen LogP contribution >= 0.6 is 15.9 Å². The predicted octanol–water partition coefficient (Wildman–Crippen LogP) is 3.35. The lowest BCUT2D eigenvalue weighted by Gasteiger charge is -2.41. The smallest absolute Gasteiger partial charge is 0.279 e. The van der Waals surface area contributed by atoms with E-state index in [0.717, 1.165) is 12.1 Å². The summed E-state index contributed by atoms with van der Waals surface area (Å²) < 4.78 is 17.7. The van der Waals surface area contributed by atoms with E-state index < -0.39 is 11.1 Å². The number of likely N-dealkylation sites (tertiary alicyclic amines) is 1. The minimum absolute atomic E-state index is 0.0292. The molecule has 2 amide bonds. The highest BCUT2D eigenvalue weighted by atomic mass is 79.9. The number of piperidine rings is 1. The van der Waals surface area contributed by atoms with Crippen molar-refractivity contribution in [2.24, 2.45) is 5.92 Å². The molecule has 1 saturated heterocycles. The highest BCUT2D eigenvalue weighted by molar-refractivity contribution is 9.10. The Bertz CT molecular complexity index is 1950. The van der Waals surface area contributed by atoms with Crippen LogP contribution < -0.4 is 10.9 Å². The summed E-state index contributed by atoms with van der Waals surface area (Å²) in [4.78, 5) is 54.7. The maximum atomic E-state index is 14.4. The monoisotopic (exact) mass is 662 g/mol. The van der Waals surface area contributed by atoms with Gasteiger partial charge in [-0.25, -0.2) is 14.4 Å². The molecule has 2 saturated carbocycles. The number of halogens is 2. The number of carbonyl (C=O) groups is 2. The Kier molecular flexibility index (Phi) is 5.84. The molecule has 3 aliphatic carbocycles. The number of aromatic nitrogens is 6. The topological polar surface area (TPSA) is 148 Å². The van der Waals surface area contributed by atoms with Crippen LogP contribution in [-0.4, -0.2) is 64.0 Å². The third kappa shape index (κ3) is 4.02. The van der Waals surface area contributed by atoms with Crippen LogP contribution in [0.25, 0.3) is 5.78 Å². The fourth-order valence-electron chi connectivity index (χ4n) is 7.45. The third-order valence-electron chi connectivity index (χ3n) is 9.94. The number of fused-ring (bicyclic) bond motifs is 6. The second-order valence-electron chi connectivity index (χ2n) is 12.4. The standard InChI is InChI=1S/C30H28BrFN8O4/c1-15-24(42)22(34-14-33-15)26(44)38-10-8-29(9-11-38)19-12-18(19)23-21(29)25(43)40-28(36-27(31)37-40)39(23)13-20(41)35-17-4-2-16(3-5-17)30(32)6-7-30/h2-5,14,18-19,42H,6-13H2,1H3,(H,35,41)/t18-,19+/m0/s1. The van der Waals surface area contributed by atoms with Crippen molar-refractivity contribution in [1.82, 2.24) is 34.0 Å². The number of alkyl halides is 1. The van der Waals surface area contributed by atoms with Gasteiger partial charge in [0.2, 0.25) is 16.4 Å². The molecule has 1 spiro atoms. The first kappa shape index (κ1) is 27.4. The van der Waals surface area contributed by atoms with Gasteiger partial charge in [0.05, 0.1) is 5.69 Å². The van der Waals surface area contributed by atoms with Gasteiger partial charge < -0.3 is 19.9 Å². The molecule has 4 aromatic rings. The van der Waals surface area contributed by atoms with E-state index in [1.54, 1.807) is 40.7 Å². The molecule has 4 heterocycles. The number of nitrogens with one attached hydrogen (secondary N) is 1. The van der Waals surface area contributed by atoms with Crippen molar-refractivity contribution >= 4 is 39.2 Å². The molecule has 14 heteroatoms. The largest absolute Gasteiger partial charge is 0.504 e. The molecule has 3 aromatic heterocycles. The molecular weight excluding hydrogens is 635 g/mol. The number of anilines is 1. The average Bonchev–Trinajstić information content (AvgIpc) is 3.91. The summed E-state index contributed by atoms with van der Waals surface area (Å²) >= 11 is 3.30. The number of aromatic hydroxyl groups is 1. The van der Waals surface area contributed by atoms with Crippen LogP contribution in [0.2, 0.25) is 0 Å². The Labute approximate surface area is 258 Å². The maximum absolute atomic E-state index is 14.4. The molecule has 0 unspecified atom stereocenters. The minimum atomic E-state index is -1.25. The molecule has 3 fully saturated rings. The number of hydrogen-bond acceptors (Lipinski definition) is 8. The number of carbonyl (C=O) groups excluding carboxylic acids is 2. The van der Waals surface area contributed by atoms with Crippen LogP contribution in [0, 0.1) is 12.8 Å². The van der Waals surface area contributed by atoms with Gasteiger partial charge in [-0.1, -0.05) is 12.1 Å². The highest BCUT2D eigenvalue weighted by Gasteiger charge is 2.64. The second kappa shape index (κ2) is 9.40. The molecule has 8 rings (SSSR count). The number of amides is 2. The summed E-state index contributed by atoms with van der Waals surface area (Å²) in [5.74, 6) is -0.305. The summed E-state index contributed by atoms with van der Waals surface area (Å²) in [5, 5.41) is 17.6. The molecule has 226 valence electrons. The molecule has 0 radical (unpaired) electrons. The minimum Gasteiger partial charge on any atom is -0.504 e. The lowest BCUT2D eigenvalue weighted by atomic mass is 9.71. The molecular formula is C30H28BrFN8O4. The summed E-state index contributed by atoms with van der Waals surface area (Å²) in [6, 6.07) is 6.82. The van der Waals surface area contributed by atoms with Crippen LogP contribution in [0.15, 0.2) is 40.1 Å². The number of rotatable bonds is 5. The number of aryl methyl sites for hydroxylation is 1. The van der Waals surface area contributed by atoms with Gasteiger partial charge in [-0.05, 0) is 78.6 Å². The summed E-state index contributed by atoms with van der Waals surface area (Å²) in [5.41, 5.74) is 0.966. The molecule has 44 heavy (non-hydrogen) atoms. The van der Waals surface area contributed by atoms with E-state index in [2.05, 4.69) is 41.3 Å². The van der Waals surface area contributed by atoms with Crippen molar-refractivity contribution in [3.05, 3.63) is 73.9 Å². The van der Waals surface area contributed by atoms with Crippen LogP contribution in [-0.2, 0) is 22.4 Å². The predicted molar refractivity (Wildman–Crippen MR) is 158 cm³/mol. The van der Waals surface area contributed by atoms with E-state index in [9.17, 15) is 23.9 Å². The van der Waals surface area contributed by atoms with Crippen molar-refractivity contribution < 1.29 is 19.1 Å². The SMILES string of the molecule is Cc1ncnc(C(=O)N2CCC3(CC2)c2c(n(CC(=O)Nc4ccc(C5(F)CC5)cc4)c4nc(Br)nn4c2=O)[C@H]2C[C@H]23)c1O. The van der Waals surface area contributed by atoms with Crippen molar-refractivity contribution in [3.8, 4) is 5.75 Å². The lowest BCUT2D eigenvalue weighted by Crippen LogP contribution is -2.48. The van der Waals surface area contributed by atoms with E-state index in [4.69, 9.17) is 0 Å². The second-order valence-corrected chi connectivity index (χ2v) is 13.1. The molecule has 0 bridgehead atoms. The van der Waals surface area contributed by atoms with E-state index in [1.807, 2.05) is 0 Å². The number of hydrogen-bond donors (Lipinski definition) is 2. The Morgan fingerprint density at radius 1 is 1.14 bits per heavy atom. The quantitative estimate of drug-likeness (QED) is 0.331. The molecule has 2 atom stereocenters. The van der Waals surface area contributed by atoms with Crippen LogP contribution in [0.1, 0.15) is 71.0 Å². The van der Waals surface area contributed by atoms with Gasteiger partial charge in [-0.15, -0.1) is 5.10 Å². The van der Waals surface area contributed by atoms with Crippen molar-refractivity contribution in [3.63, 3.8) is 0 Å². The first-order valence-corrected chi connectivity index (χ1v) is 15.5. The van der Waals surface area contributed by atoms with Crippen LogP contribution in [0.3, 0.4) is 0 Å². The fraction of sp³-hybridized carbons (Fsp3) is 0.433. The van der Waals surface area contributed by atoms with Gasteiger partial charge in [0, 0.05) is 41.4 Å². The van der Waals surface area contributed by atoms with Gasteiger partial charge in [-0.2, -0.15) is 9.50 Å². The fourth-order valence-corrected chi connectivity index (χ4v) is 7.77. The van der Waals surface area contributed by atoms with E-state index >= 15 is 0 Å². The van der Waals surface area contributed by atoms with Gasteiger partial charge in [0.1, 0.15) is 18.5 Å². The zero-order valence-electron chi connectivity index (χ0n) is 23.8. The van der Waals surface area contributed by atoms with Gasteiger partial charge >= 0.3 is 0 Å². The van der Waals surface area contributed by atoms with Gasteiger partial charge in [-0.3, -0.25) is 14.4 Å². The van der Waals surface area contributed by atoms with Crippen molar-refractivity contribution in [2.45, 2.75) is 62.6 Å². The Balaban J connectivity index is 1.10. The van der Waals surface area contributed by atoms with Crippen LogP contribution in [0.4, 0.5) is 10.1 Å². The summed E-state index contributed by atoms with van der Waals surface area (Å²) in [6.07, 6.45) is 4.29. The first-order valence-electron chi connectivity index (χ1n) is 14.7. The van der Waals surface area contributed by atoms with Gasteiger partial charge in [0.15, 0.2) is 11.4 Å². The highest BCUT2D eigenvalue weighted by Crippen LogP contribution is 2.67. The molecule has 1 aromatic carbocycles. The van der Waals surface area contributed by atoms with E-state index in [-0.39, 0.29) is 57.7 Å². The van der Waals surface area contributed by atoms with Gasteiger partial charge in [0.25, 0.3) is 11.5 Å². The maximum Gasteiger partial charge on any atom is 0.279 e. The van der Waals surface area contributed by atoms with E-state index in [1.165, 1.54) is 10.8 Å². The zero-order valence-corrected chi connectivity index (χ0v) is 25.3.